The van der Waals surface area contributed by atoms with E-state index in [2.05, 4.69) is 20.9 Å². The van der Waals surface area contributed by atoms with Crippen molar-refractivity contribution in [1.82, 2.24) is 5.32 Å². The van der Waals surface area contributed by atoms with Crippen molar-refractivity contribution in [1.29, 1.82) is 0 Å². The van der Waals surface area contributed by atoms with Gasteiger partial charge in [0, 0.05) is 16.6 Å². The Kier molecular flexibility index (Phi) is 5.51. The van der Waals surface area contributed by atoms with E-state index in [0.29, 0.717) is 4.47 Å². The van der Waals surface area contributed by atoms with E-state index in [9.17, 15) is 22.7 Å². The third-order valence-corrected chi connectivity index (χ3v) is 8.27. The summed E-state index contributed by atoms with van der Waals surface area (Å²) in [7, 11) is -4.04. The summed E-state index contributed by atoms with van der Waals surface area (Å²) in [6.45, 7) is 3.65. The lowest BCUT2D eigenvalue weighted by molar-refractivity contribution is 0.199. The number of aliphatic imine (C=N–C) groups is 1. The highest BCUT2D eigenvalue weighted by Gasteiger charge is 2.57. The van der Waals surface area contributed by atoms with Crippen molar-refractivity contribution in [2.45, 2.75) is 42.7 Å². The van der Waals surface area contributed by atoms with Crippen molar-refractivity contribution in [2.75, 3.05) is 6.61 Å². The highest BCUT2D eigenvalue weighted by molar-refractivity contribution is 9.10. The molecule has 1 aliphatic rings. The van der Waals surface area contributed by atoms with Gasteiger partial charge in [-0.1, -0.05) is 15.9 Å². The predicted molar refractivity (Wildman–Crippen MR) is 98.5 cm³/mol. The first kappa shape index (κ1) is 20.8. The number of nitrogens with one attached hydrogen (secondary N) is 1. The molecule has 0 saturated heterocycles. The van der Waals surface area contributed by atoms with Crippen LogP contribution in [0.4, 0.5) is 9.18 Å². The van der Waals surface area contributed by atoms with Gasteiger partial charge in [0.1, 0.15) is 21.9 Å². The Bertz CT molecular complexity index is 871. The Hall–Kier alpha value is -1.52. The van der Waals surface area contributed by atoms with E-state index in [1.807, 2.05) is 5.32 Å². The topological polar surface area (TPSA) is 116 Å². The van der Waals surface area contributed by atoms with Crippen LogP contribution in [0.1, 0.15) is 32.8 Å². The van der Waals surface area contributed by atoms with Gasteiger partial charge in [-0.05, 0) is 45.4 Å². The zero-order chi connectivity index (χ0) is 19.9. The molecular formula is C16H20BrFN2O5S. The van der Waals surface area contributed by atoms with E-state index < -0.39 is 43.9 Å². The number of nitrogens with zero attached hydrogens (tertiary/aromatic N) is 1. The van der Waals surface area contributed by atoms with Crippen LogP contribution in [0.15, 0.2) is 27.7 Å². The molecule has 26 heavy (non-hydrogen) atoms. The fourth-order valence-electron chi connectivity index (χ4n) is 3.18. The number of carboxylic acid groups (broad SMARTS) is 1. The zero-order valence-corrected chi connectivity index (χ0v) is 16.9. The fraction of sp³-hybridized carbons (Fsp3) is 0.500. The number of aliphatic hydroxyl groups excluding tert-OH is 1. The fourth-order valence-corrected chi connectivity index (χ4v) is 5.82. The highest BCUT2D eigenvalue weighted by Crippen LogP contribution is 2.45. The van der Waals surface area contributed by atoms with Crippen molar-refractivity contribution in [3.05, 3.63) is 34.1 Å². The monoisotopic (exact) mass is 450 g/mol. The van der Waals surface area contributed by atoms with Crippen LogP contribution in [-0.4, -0.2) is 47.2 Å². The predicted octanol–water partition coefficient (Wildman–Crippen LogP) is 2.43. The Morgan fingerprint density at radius 3 is 2.54 bits per heavy atom. The minimum Gasteiger partial charge on any atom is -0.465 e. The molecule has 144 valence electrons. The molecular weight excluding hydrogens is 431 g/mol. The van der Waals surface area contributed by atoms with E-state index in [-0.39, 0.29) is 17.8 Å². The highest BCUT2D eigenvalue weighted by atomic mass is 79.9. The molecule has 0 spiro atoms. The average molecular weight is 451 g/mol. The van der Waals surface area contributed by atoms with E-state index in [1.54, 1.807) is 0 Å². The minimum atomic E-state index is -4.04. The van der Waals surface area contributed by atoms with Crippen LogP contribution < -0.4 is 5.32 Å². The van der Waals surface area contributed by atoms with E-state index >= 15 is 0 Å². The first-order chi connectivity index (χ1) is 11.9. The van der Waals surface area contributed by atoms with Crippen LogP contribution in [0, 0.1) is 5.82 Å². The maximum atomic E-state index is 14.6. The summed E-state index contributed by atoms with van der Waals surface area (Å²) in [5.74, 6) is -0.965. The van der Waals surface area contributed by atoms with Gasteiger partial charge in [0.2, 0.25) is 0 Å². The van der Waals surface area contributed by atoms with Crippen LogP contribution in [0.2, 0.25) is 0 Å². The van der Waals surface area contributed by atoms with Gasteiger partial charge in [0.25, 0.3) is 0 Å². The summed E-state index contributed by atoms with van der Waals surface area (Å²) >= 11 is 3.23. The van der Waals surface area contributed by atoms with Crippen LogP contribution in [-0.2, 0) is 15.4 Å². The number of rotatable bonds is 3. The van der Waals surface area contributed by atoms with Crippen molar-refractivity contribution in [3.63, 3.8) is 0 Å². The number of amides is 1. The number of halogens is 2. The van der Waals surface area contributed by atoms with Gasteiger partial charge in [0.15, 0.2) is 9.84 Å². The molecule has 2 atom stereocenters. The summed E-state index contributed by atoms with van der Waals surface area (Å²) in [6, 6.07) is 4.05. The Morgan fingerprint density at radius 1 is 1.38 bits per heavy atom. The number of hydrogen-bond donors (Lipinski definition) is 3. The Balaban J connectivity index is 2.85. The van der Waals surface area contributed by atoms with Crippen LogP contribution in [0.3, 0.4) is 0 Å². The van der Waals surface area contributed by atoms with E-state index in [4.69, 9.17) is 5.11 Å². The van der Waals surface area contributed by atoms with Crippen molar-refractivity contribution >= 4 is 37.7 Å². The Labute approximate surface area is 159 Å². The molecule has 1 aromatic rings. The lowest BCUT2D eigenvalue weighted by Gasteiger charge is -2.44. The van der Waals surface area contributed by atoms with Gasteiger partial charge < -0.3 is 10.2 Å². The summed E-state index contributed by atoms with van der Waals surface area (Å²) < 4.78 is 39.9. The van der Waals surface area contributed by atoms with Gasteiger partial charge >= 0.3 is 6.09 Å². The van der Waals surface area contributed by atoms with Crippen molar-refractivity contribution in [2.24, 2.45) is 4.99 Å². The van der Waals surface area contributed by atoms with Gasteiger partial charge in [-0.15, -0.1) is 0 Å². The SMILES string of the molecule is CC1(C)C(NC(=O)O)=N[C@](C)(c2cc(Br)ccc2F)[C@@H](CCO)S1(=O)=O. The van der Waals surface area contributed by atoms with Crippen molar-refractivity contribution < 1.29 is 27.8 Å². The molecule has 0 saturated carbocycles. The largest absolute Gasteiger partial charge is 0.465 e. The maximum Gasteiger partial charge on any atom is 0.410 e. The maximum absolute atomic E-state index is 14.6. The molecule has 3 N–H and O–H groups in total. The quantitative estimate of drug-likeness (QED) is 0.653. The summed E-state index contributed by atoms with van der Waals surface area (Å²) in [4.78, 5) is 15.5. The zero-order valence-electron chi connectivity index (χ0n) is 14.5. The van der Waals surface area contributed by atoms with Gasteiger partial charge in [-0.3, -0.25) is 10.3 Å². The lowest BCUT2D eigenvalue weighted by Crippen LogP contribution is -2.61. The number of benzene rings is 1. The molecule has 10 heteroatoms. The third-order valence-electron chi connectivity index (χ3n) is 4.72. The normalized spacial score (nSPS) is 26.8. The second-order valence-electron chi connectivity index (χ2n) is 6.72. The third kappa shape index (κ3) is 3.25. The molecule has 0 radical (unpaired) electrons. The summed E-state index contributed by atoms with van der Waals surface area (Å²) in [5.41, 5.74) is -1.63. The van der Waals surface area contributed by atoms with E-state index in [1.165, 1.54) is 39.0 Å². The molecule has 0 bridgehead atoms. The number of aliphatic hydroxyl groups is 1. The minimum absolute atomic E-state index is 0.00547. The van der Waals surface area contributed by atoms with Gasteiger partial charge in [0.05, 0.1) is 5.25 Å². The molecule has 1 amide bonds. The number of carbonyl (C=O) groups is 1. The van der Waals surface area contributed by atoms with Gasteiger partial charge in [-0.25, -0.2) is 17.6 Å². The average Bonchev–Trinajstić information content (AvgIpc) is 2.52. The first-order valence-corrected chi connectivity index (χ1v) is 10.1. The van der Waals surface area contributed by atoms with Gasteiger partial charge in [-0.2, -0.15) is 0 Å². The van der Waals surface area contributed by atoms with Crippen molar-refractivity contribution in [3.8, 4) is 0 Å². The summed E-state index contributed by atoms with van der Waals surface area (Å²) in [5, 5.41) is 19.3. The molecule has 1 aliphatic heterocycles. The second kappa shape index (κ2) is 6.90. The standard InChI is InChI=1S/C16H20BrFN2O5S/c1-15(2)13(19-14(22)23)20-16(3,12(6-7-21)26(15,24)25)10-8-9(17)4-5-11(10)18/h4-5,8,12,21H,6-7H2,1-3H3,(H,19,20)(H,22,23)/t12-,16-/m1/s1. The molecule has 0 unspecified atom stereocenters. The molecule has 1 aromatic carbocycles. The Morgan fingerprint density at radius 2 is 2.00 bits per heavy atom. The smallest absolute Gasteiger partial charge is 0.410 e. The van der Waals surface area contributed by atoms with Crippen LogP contribution in [0.25, 0.3) is 0 Å². The number of hydrogen-bond acceptors (Lipinski definition) is 5. The van der Waals surface area contributed by atoms with Crippen LogP contribution in [0.5, 0.6) is 0 Å². The second-order valence-corrected chi connectivity index (χ2v) is 10.3. The summed E-state index contributed by atoms with van der Waals surface area (Å²) in [6.07, 6.45) is -1.64. The molecule has 7 nitrogen and oxygen atoms in total. The molecule has 0 aliphatic carbocycles. The number of sulfone groups is 1. The molecule has 1 heterocycles. The lowest BCUT2D eigenvalue weighted by atomic mass is 9.86. The number of amidine groups is 1. The van der Waals surface area contributed by atoms with E-state index in [0.717, 1.165) is 0 Å². The first-order valence-electron chi connectivity index (χ1n) is 7.78. The molecule has 0 aromatic heterocycles. The molecule has 2 rings (SSSR count). The van der Waals surface area contributed by atoms with Crippen LogP contribution >= 0.6 is 15.9 Å². The molecule has 0 fully saturated rings.